The number of anilines is 1. The van der Waals surface area contributed by atoms with E-state index in [1.807, 2.05) is 77.8 Å². The van der Waals surface area contributed by atoms with E-state index in [2.05, 4.69) is 12.1 Å². The Hall–Kier alpha value is -2.63. The van der Waals surface area contributed by atoms with Gasteiger partial charge in [0.15, 0.2) is 0 Å². The zero-order chi connectivity index (χ0) is 18.4. The van der Waals surface area contributed by atoms with Crippen molar-refractivity contribution in [1.82, 2.24) is 5.01 Å². The van der Waals surface area contributed by atoms with Gasteiger partial charge >= 0.3 is 0 Å². The summed E-state index contributed by atoms with van der Waals surface area (Å²) in [5, 5.41) is 1.41. The highest BCUT2D eigenvalue weighted by atomic mass is 32.2. The molecule has 3 aromatic carbocycles. The van der Waals surface area contributed by atoms with Crippen LogP contribution >= 0.6 is 0 Å². The minimum absolute atomic E-state index is 0.220. The maximum Gasteiger partial charge on any atom is 0.257 e. The summed E-state index contributed by atoms with van der Waals surface area (Å²) in [6, 6.07) is 27.0. The van der Waals surface area contributed by atoms with E-state index in [1.54, 1.807) is 0 Å². The largest absolute Gasteiger partial charge is 0.257 e. The Kier molecular flexibility index (Phi) is 3.81. The number of hydrazine groups is 1. The third-order valence-electron chi connectivity index (χ3n) is 5.49. The van der Waals surface area contributed by atoms with Crippen LogP contribution < -0.4 is 4.41 Å². The molecule has 4 nitrogen and oxygen atoms in total. The first kappa shape index (κ1) is 16.5. The van der Waals surface area contributed by atoms with Gasteiger partial charge in [0, 0.05) is 6.54 Å². The van der Waals surface area contributed by atoms with Gasteiger partial charge in [-0.05, 0) is 35.2 Å². The SMILES string of the molecule is O=S1(=O)C(c2ccccc2)C2c3ccccc3CCN2N1c1ccccc1. The van der Waals surface area contributed by atoms with Gasteiger partial charge in [-0.2, -0.15) is 9.42 Å². The number of fused-ring (bicyclic) bond motifs is 3. The molecule has 3 aromatic rings. The van der Waals surface area contributed by atoms with Crippen molar-refractivity contribution in [3.63, 3.8) is 0 Å². The van der Waals surface area contributed by atoms with Gasteiger partial charge in [-0.25, -0.2) is 8.42 Å². The quantitative estimate of drug-likeness (QED) is 0.676. The lowest BCUT2D eigenvalue weighted by Crippen LogP contribution is -2.43. The van der Waals surface area contributed by atoms with Crippen LogP contribution in [0.1, 0.15) is 28.0 Å². The minimum atomic E-state index is -3.60. The van der Waals surface area contributed by atoms with Crippen LogP contribution in [-0.2, 0) is 16.4 Å². The second-order valence-electron chi connectivity index (χ2n) is 7.01. The maximum atomic E-state index is 13.8. The summed E-state index contributed by atoms with van der Waals surface area (Å²) in [5.41, 5.74) is 3.88. The third-order valence-corrected chi connectivity index (χ3v) is 7.57. The van der Waals surface area contributed by atoms with Gasteiger partial charge in [-0.1, -0.05) is 72.8 Å². The van der Waals surface area contributed by atoms with Crippen LogP contribution in [0, 0.1) is 0 Å². The highest BCUT2D eigenvalue weighted by Gasteiger charge is 2.54. The molecule has 0 radical (unpaired) electrons. The molecule has 1 fully saturated rings. The van der Waals surface area contributed by atoms with Crippen molar-refractivity contribution in [2.24, 2.45) is 0 Å². The van der Waals surface area contributed by atoms with E-state index in [0.717, 1.165) is 17.5 Å². The van der Waals surface area contributed by atoms with E-state index in [-0.39, 0.29) is 6.04 Å². The molecule has 2 aliphatic rings. The molecule has 2 atom stereocenters. The topological polar surface area (TPSA) is 40.6 Å². The van der Waals surface area contributed by atoms with Crippen molar-refractivity contribution in [3.05, 3.63) is 102 Å². The second-order valence-corrected chi connectivity index (χ2v) is 8.90. The molecule has 5 rings (SSSR count). The normalized spacial score (nSPS) is 23.6. The zero-order valence-corrected chi connectivity index (χ0v) is 15.6. The number of para-hydroxylation sites is 1. The summed E-state index contributed by atoms with van der Waals surface area (Å²) in [6.07, 6.45) is 0.840. The van der Waals surface area contributed by atoms with Gasteiger partial charge in [0.2, 0.25) is 0 Å². The summed E-state index contributed by atoms with van der Waals surface area (Å²) in [5.74, 6) is 0. The predicted octanol–water partition coefficient (Wildman–Crippen LogP) is 4.09. The van der Waals surface area contributed by atoms with Crippen LogP contribution in [0.15, 0.2) is 84.9 Å². The molecule has 2 unspecified atom stereocenters. The predicted molar refractivity (Wildman–Crippen MR) is 107 cm³/mol. The number of nitrogens with zero attached hydrogens (tertiary/aromatic N) is 2. The van der Waals surface area contributed by atoms with Crippen molar-refractivity contribution in [2.75, 3.05) is 11.0 Å². The number of hydrogen-bond donors (Lipinski definition) is 0. The fourth-order valence-corrected chi connectivity index (χ4v) is 6.59. The van der Waals surface area contributed by atoms with Gasteiger partial charge in [-0.3, -0.25) is 0 Å². The van der Waals surface area contributed by atoms with Crippen LogP contribution in [0.5, 0.6) is 0 Å². The monoisotopic (exact) mass is 376 g/mol. The number of rotatable bonds is 2. The Labute approximate surface area is 159 Å². The van der Waals surface area contributed by atoms with E-state index >= 15 is 0 Å². The third kappa shape index (κ3) is 2.50. The van der Waals surface area contributed by atoms with Crippen LogP contribution in [0.25, 0.3) is 0 Å². The van der Waals surface area contributed by atoms with Crippen molar-refractivity contribution in [3.8, 4) is 0 Å². The molecule has 136 valence electrons. The fourth-order valence-electron chi connectivity index (χ4n) is 4.37. The van der Waals surface area contributed by atoms with Gasteiger partial charge in [-0.15, -0.1) is 0 Å². The number of benzene rings is 3. The van der Waals surface area contributed by atoms with Crippen molar-refractivity contribution < 1.29 is 8.42 Å². The van der Waals surface area contributed by atoms with Crippen molar-refractivity contribution in [2.45, 2.75) is 17.7 Å². The first-order valence-corrected chi connectivity index (χ1v) is 10.7. The van der Waals surface area contributed by atoms with Gasteiger partial charge in [0.1, 0.15) is 5.25 Å². The van der Waals surface area contributed by atoms with E-state index in [9.17, 15) is 8.42 Å². The first-order chi connectivity index (χ1) is 13.2. The maximum absolute atomic E-state index is 13.8. The summed E-state index contributed by atoms with van der Waals surface area (Å²) in [4.78, 5) is 0. The summed E-state index contributed by atoms with van der Waals surface area (Å²) in [7, 11) is -3.60. The van der Waals surface area contributed by atoms with Crippen LogP contribution in [-0.4, -0.2) is 20.0 Å². The van der Waals surface area contributed by atoms with E-state index in [1.165, 1.54) is 9.98 Å². The Bertz CT molecular complexity index is 1070. The molecule has 0 N–H and O–H groups in total. The van der Waals surface area contributed by atoms with Gasteiger partial charge in [0.25, 0.3) is 10.0 Å². The molecule has 2 aliphatic heterocycles. The fraction of sp³-hybridized carbons (Fsp3) is 0.182. The molecule has 0 bridgehead atoms. The van der Waals surface area contributed by atoms with Gasteiger partial charge in [0.05, 0.1) is 11.7 Å². The standard InChI is InChI=1S/C22H20N2O2S/c25-27(26)22(18-10-3-1-4-11-18)21-20-14-8-7-9-17(20)15-16-23(21)24(27)19-12-5-2-6-13-19/h1-14,21-22H,15-16H2. The van der Waals surface area contributed by atoms with Crippen LogP contribution in [0.3, 0.4) is 0 Å². The highest BCUT2D eigenvalue weighted by Crippen LogP contribution is 2.52. The van der Waals surface area contributed by atoms with Crippen molar-refractivity contribution >= 4 is 15.7 Å². The lowest BCUT2D eigenvalue weighted by atomic mass is 9.89. The molecule has 27 heavy (non-hydrogen) atoms. The molecule has 0 aliphatic carbocycles. The lowest BCUT2D eigenvalue weighted by Gasteiger charge is -2.36. The molecule has 0 saturated carbocycles. The summed E-state index contributed by atoms with van der Waals surface area (Å²) in [6.45, 7) is 0.680. The Morgan fingerprint density at radius 2 is 1.41 bits per heavy atom. The smallest absolute Gasteiger partial charge is 0.204 e. The molecule has 2 heterocycles. The van der Waals surface area contributed by atoms with Crippen molar-refractivity contribution in [1.29, 1.82) is 0 Å². The van der Waals surface area contributed by atoms with E-state index < -0.39 is 15.3 Å². The van der Waals surface area contributed by atoms with Crippen LogP contribution in [0.2, 0.25) is 0 Å². The average Bonchev–Trinajstić information content (AvgIpc) is 2.96. The molecular weight excluding hydrogens is 356 g/mol. The summed E-state index contributed by atoms with van der Waals surface area (Å²) < 4.78 is 29.0. The zero-order valence-electron chi connectivity index (χ0n) is 14.8. The first-order valence-electron chi connectivity index (χ1n) is 9.16. The average molecular weight is 376 g/mol. The molecule has 0 spiro atoms. The molecule has 0 aromatic heterocycles. The Balaban J connectivity index is 1.75. The Morgan fingerprint density at radius 3 is 2.15 bits per heavy atom. The number of sulfonamides is 1. The molecule has 1 saturated heterocycles. The van der Waals surface area contributed by atoms with E-state index in [4.69, 9.17) is 0 Å². The molecule has 0 amide bonds. The minimum Gasteiger partial charge on any atom is -0.204 e. The molecular formula is C22H20N2O2S. The lowest BCUT2D eigenvalue weighted by molar-refractivity contribution is 0.216. The highest BCUT2D eigenvalue weighted by molar-refractivity contribution is 7.93. The second kappa shape index (κ2) is 6.22. The number of hydrogen-bond acceptors (Lipinski definition) is 3. The van der Waals surface area contributed by atoms with Gasteiger partial charge < -0.3 is 0 Å². The van der Waals surface area contributed by atoms with Crippen LogP contribution in [0.4, 0.5) is 5.69 Å². The summed E-state index contributed by atoms with van der Waals surface area (Å²) >= 11 is 0. The molecule has 5 heteroatoms. The van der Waals surface area contributed by atoms with E-state index in [0.29, 0.717) is 12.2 Å². The Morgan fingerprint density at radius 1 is 0.778 bits per heavy atom.